The van der Waals surface area contributed by atoms with Crippen LogP contribution in [0.2, 0.25) is 0 Å². The molecule has 1 fully saturated rings. The molecule has 2 aromatic carbocycles. The van der Waals surface area contributed by atoms with Gasteiger partial charge in [-0.3, -0.25) is 0 Å². The van der Waals surface area contributed by atoms with Crippen molar-refractivity contribution in [1.82, 2.24) is 0 Å². The quantitative estimate of drug-likeness (QED) is 0.821. The first-order chi connectivity index (χ1) is 9.33. The Balaban J connectivity index is 2.10. The molecule has 1 aliphatic rings. The molecule has 0 bridgehead atoms. The largest absolute Gasteiger partial charge is 0.371 e. The lowest BCUT2D eigenvalue weighted by Crippen LogP contribution is -2.25. The molecule has 1 saturated carbocycles. The first-order valence-corrected chi connectivity index (χ1v) is 7.00. The average Bonchev–Trinajstić information content (AvgIpc) is 3.28. The highest BCUT2D eigenvalue weighted by molar-refractivity contribution is 5.97. The molecule has 2 heteroatoms. The normalized spacial score (nSPS) is 14.3. The standard InChI is InChI=1S/C17H18N2/c1-2-19(12-13-7-8-13)17-10-9-14(11-18)15-5-3-4-6-16(15)17/h3-6,9-10,13H,2,7-8,12H2,1H3. The number of fused-ring (bicyclic) bond motifs is 1. The van der Waals surface area contributed by atoms with E-state index in [4.69, 9.17) is 0 Å². The molecular formula is C17H18N2. The third kappa shape index (κ3) is 2.29. The van der Waals surface area contributed by atoms with Crippen LogP contribution in [-0.4, -0.2) is 13.1 Å². The number of hydrogen-bond donors (Lipinski definition) is 0. The Morgan fingerprint density at radius 3 is 2.53 bits per heavy atom. The highest BCUT2D eigenvalue weighted by atomic mass is 15.1. The molecule has 0 spiro atoms. The van der Waals surface area contributed by atoms with Crippen LogP contribution in [0.3, 0.4) is 0 Å². The van der Waals surface area contributed by atoms with E-state index >= 15 is 0 Å². The van der Waals surface area contributed by atoms with E-state index in [0.29, 0.717) is 0 Å². The third-order valence-corrected chi connectivity index (χ3v) is 3.92. The van der Waals surface area contributed by atoms with Crippen LogP contribution in [0.5, 0.6) is 0 Å². The lowest BCUT2D eigenvalue weighted by atomic mass is 10.0. The number of nitriles is 1. The summed E-state index contributed by atoms with van der Waals surface area (Å²) in [7, 11) is 0. The van der Waals surface area contributed by atoms with Crippen LogP contribution >= 0.6 is 0 Å². The molecule has 0 atom stereocenters. The van der Waals surface area contributed by atoms with E-state index in [2.05, 4.69) is 36.1 Å². The zero-order chi connectivity index (χ0) is 13.2. The zero-order valence-electron chi connectivity index (χ0n) is 11.3. The summed E-state index contributed by atoms with van der Waals surface area (Å²) in [5, 5.41) is 11.5. The highest BCUT2D eigenvalue weighted by Gasteiger charge is 2.24. The molecule has 96 valence electrons. The van der Waals surface area contributed by atoms with Gasteiger partial charge in [0.1, 0.15) is 0 Å². The minimum absolute atomic E-state index is 0.766. The van der Waals surface area contributed by atoms with Crippen molar-refractivity contribution in [2.45, 2.75) is 19.8 Å². The Kier molecular flexibility index (Phi) is 3.13. The SMILES string of the molecule is CCN(CC1CC1)c1ccc(C#N)c2ccccc12. The maximum absolute atomic E-state index is 9.21. The molecule has 1 aliphatic carbocycles. The minimum Gasteiger partial charge on any atom is -0.371 e. The van der Waals surface area contributed by atoms with Crippen LogP contribution in [0.4, 0.5) is 5.69 Å². The summed E-state index contributed by atoms with van der Waals surface area (Å²) in [6, 6.07) is 14.6. The molecule has 0 aromatic heterocycles. The van der Waals surface area contributed by atoms with Crippen molar-refractivity contribution in [3.63, 3.8) is 0 Å². The van der Waals surface area contributed by atoms with Crippen LogP contribution < -0.4 is 4.90 Å². The van der Waals surface area contributed by atoms with Gasteiger partial charge in [-0.1, -0.05) is 24.3 Å². The van der Waals surface area contributed by atoms with Crippen LogP contribution in [-0.2, 0) is 0 Å². The van der Waals surface area contributed by atoms with Crippen molar-refractivity contribution < 1.29 is 0 Å². The minimum atomic E-state index is 0.766. The Morgan fingerprint density at radius 1 is 1.16 bits per heavy atom. The Morgan fingerprint density at radius 2 is 1.89 bits per heavy atom. The lowest BCUT2D eigenvalue weighted by molar-refractivity contribution is 0.744. The summed E-state index contributed by atoms with van der Waals surface area (Å²) in [5.41, 5.74) is 2.03. The van der Waals surface area contributed by atoms with E-state index in [1.807, 2.05) is 18.2 Å². The molecule has 0 radical (unpaired) electrons. The molecular weight excluding hydrogens is 232 g/mol. The predicted octanol–water partition coefficient (Wildman–Crippen LogP) is 3.95. The first-order valence-electron chi connectivity index (χ1n) is 7.00. The summed E-state index contributed by atoms with van der Waals surface area (Å²) in [5.74, 6) is 0.870. The monoisotopic (exact) mass is 250 g/mol. The average molecular weight is 250 g/mol. The molecule has 2 aromatic rings. The first kappa shape index (κ1) is 12.0. The second kappa shape index (κ2) is 4.93. The van der Waals surface area contributed by atoms with Crippen molar-refractivity contribution in [2.24, 2.45) is 5.92 Å². The fourth-order valence-electron chi connectivity index (χ4n) is 2.67. The maximum atomic E-state index is 9.21. The Labute approximate surface area is 114 Å². The molecule has 0 N–H and O–H groups in total. The highest BCUT2D eigenvalue weighted by Crippen LogP contribution is 2.34. The van der Waals surface area contributed by atoms with Crippen molar-refractivity contribution in [2.75, 3.05) is 18.0 Å². The fourth-order valence-corrected chi connectivity index (χ4v) is 2.67. The van der Waals surface area contributed by atoms with Gasteiger partial charge in [-0.15, -0.1) is 0 Å². The molecule has 2 nitrogen and oxygen atoms in total. The van der Waals surface area contributed by atoms with Gasteiger partial charge < -0.3 is 4.90 Å². The van der Waals surface area contributed by atoms with Crippen LogP contribution in [0.1, 0.15) is 25.3 Å². The van der Waals surface area contributed by atoms with E-state index in [9.17, 15) is 5.26 Å². The van der Waals surface area contributed by atoms with E-state index in [1.54, 1.807) is 0 Å². The topological polar surface area (TPSA) is 27.0 Å². The van der Waals surface area contributed by atoms with Gasteiger partial charge in [-0.2, -0.15) is 5.26 Å². The molecule has 0 unspecified atom stereocenters. The van der Waals surface area contributed by atoms with Gasteiger partial charge >= 0.3 is 0 Å². The molecule has 0 saturated heterocycles. The van der Waals surface area contributed by atoms with E-state index in [-0.39, 0.29) is 0 Å². The lowest BCUT2D eigenvalue weighted by Gasteiger charge is -2.25. The molecule has 3 rings (SSSR count). The maximum Gasteiger partial charge on any atom is 0.0998 e. The van der Waals surface area contributed by atoms with Gasteiger partial charge in [-0.05, 0) is 37.8 Å². The number of benzene rings is 2. The smallest absolute Gasteiger partial charge is 0.0998 e. The predicted molar refractivity (Wildman–Crippen MR) is 79.3 cm³/mol. The Hall–Kier alpha value is -2.01. The number of anilines is 1. The van der Waals surface area contributed by atoms with Gasteiger partial charge in [0.2, 0.25) is 0 Å². The molecule has 0 heterocycles. The molecule has 19 heavy (non-hydrogen) atoms. The third-order valence-electron chi connectivity index (χ3n) is 3.92. The number of nitrogens with zero attached hydrogens (tertiary/aromatic N) is 2. The van der Waals surface area contributed by atoms with Crippen molar-refractivity contribution in [3.8, 4) is 6.07 Å². The second-order valence-electron chi connectivity index (χ2n) is 5.27. The van der Waals surface area contributed by atoms with Gasteiger partial charge in [0.05, 0.1) is 11.6 Å². The number of hydrogen-bond acceptors (Lipinski definition) is 2. The fraction of sp³-hybridized carbons (Fsp3) is 0.353. The Bertz CT molecular complexity index is 635. The summed E-state index contributed by atoms with van der Waals surface area (Å²) in [6.45, 7) is 4.37. The van der Waals surface area contributed by atoms with Crippen LogP contribution in [0.25, 0.3) is 10.8 Å². The second-order valence-corrected chi connectivity index (χ2v) is 5.27. The van der Waals surface area contributed by atoms with Crippen molar-refractivity contribution >= 4 is 16.5 Å². The van der Waals surface area contributed by atoms with E-state index in [0.717, 1.165) is 30.0 Å². The number of rotatable bonds is 4. The van der Waals surface area contributed by atoms with E-state index < -0.39 is 0 Å². The van der Waals surface area contributed by atoms with Gasteiger partial charge in [0, 0.05) is 29.5 Å². The summed E-state index contributed by atoms with van der Waals surface area (Å²) >= 11 is 0. The molecule has 0 aliphatic heterocycles. The van der Waals surface area contributed by atoms with Gasteiger partial charge in [-0.25, -0.2) is 0 Å². The van der Waals surface area contributed by atoms with Crippen molar-refractivity contribution in [1.29, 1.82) is 5.26 Å². The van der Waals surface area contributed by atoms with Gasteiger partial charge in [0.15, 0.2) is 0 Å². The summed E-state index contributed by atoms with van der Waals surface area (Å²) < 4.78 is 0. The summed E-state index contributed by atoms with van der Waals surface area (Å²) in [4.78, 5) is 2.45. The van der Waals surface area contributed by atoms with Crippen LogP contribution in [0.15, 0.2) is 36.4 Å². The summed E-state index contributed by atoms with van der Waals surface area (Å²) in [6.07, 6.45) is 2.73. The van der Waals surface area contributed by atoms with Gasteiger partial charge in [0.25, 0.3) is 0 Å². The molecule has 0 amide bonds. The van der Waals surface area contributed by atoms with Crippen molar-refractivity contribution in [3.05, 3.63) is 42.0 Å². The van der Waals surface area contributed by atoms with E-state index in [1.165, 1.54) is 23.9 Å². The van der Waals surface area contributed by atoms with Crippen LogP contribution in [0, 0.1) is 17.2 Å². The zero-order valence-corrected chi connectivity index (χ0v) is 11.3.